The van der Waals surface area contributed by atoms with E-state index in [9.17, 15) is 9.90 Å². The van der Waals surface area contributed by atoms with Crippen molar-refractivity contribution in [3.63, 3.8) is 0 Å². The lowest BCUT2D eigenvalue weighted by molar-refractivity contribution is -0.937. The van der Waals surface area contributed by atoms with Gasteiger partial charge >= 0.3 is 0 Å². The smallest absolute Gasteiger partial charge is 0.275 e. The Kier molecular flexibility index (Phi) is 8.06. The highest BCUT2D eigenvalue weighted by molar-refractivity contribution is 5.76. The number of carbonyl (C=O) groups is 1. The first-order valence-corrected chi connectivity index (χ1v) is 11.6. The fourth-order valence-electron chi connectivity index (χ4n) is 5.47. The zero-order chi connectivity index (χ0) is 22.4. The molecule has 1 aromatic carbocycles. The van der Waals surface area contributed by atoms with E-state index in [-0.39, 0.29) is 17.9 Å². The third-order valence-corrected chi connectivity index (χ3v) is 7.07. The number of carbonyl (C=O) groups excluding carboxylic acids is 1. The van der Waals surface area contributed by atoms with Crippen LogP contribution in [0.4, 0.5) is 0 Å². The van der Waals surface area contributed by atoms with Crippen molar-refractivity contribution in [1.82, 2.24) is 5.32 Å². The van der Waals surface area contributed by atoms with Gasteiger partial charge < -0.3 is 29.5 Å². The molecule has 0 bridgehead atoms. The maximum absolute atomic E-state index is 12.7. The summed E-state index contributed by atoms with van der Waals surface area (Å²) in [7, 11) is 4.83. The number of likely N-dealkylation sites (tertiary alicyclic amines) is 1. The first-order valence-electron chi connectivity index (χ1n) is 11.6. The number of rotatable bonds is 9. The predicted octanol–water partition coefficient (Wildman–Crippen LogP) is 1.88. The third kappa shape index (κ3) is 5.09. The number of unbranched alkanes of at least 4 members (excludes halogenated alkanes) is 1. The largest absolute Gasteiger partial charge is 0.493 e. The van der Waals surface area contributed by atoms with E-state index in [1.165, 1.54) is 4.90 Å². The zero-order valence-electron chi connectivity index (χ0n) is 19.5. The van der Waals surface area contributed by atoms with E-state index in [2.05, 4.69) is 12.2 Å². The van der Waals surface area contributed by atoms with Crippen LogP contribution in [-0.2, 0) is 4.79 Å². The van der Waals surface area contributed by atoms with Gasteiger partial charge in [-0.25, -0.2) is 0 Å². The summed E-state index contributed by atoms with van der Waals surface area (Å²) < 4.78 is 16.7. The van der Waals surface area contributed by atoms with Crippen molar-refractivity contribution in [2.75, 3.05) is 41.0 Å². The van der Waals surface area contributed by atoms with Crippen LogP contribution in [0.25, 0.3) is 0 Å². The van der Waals surface area contributed by atoms with E-state index in [0.29, 0.717) is 30.3 Å². The first-order chi connectivity index (χ1) is 15.0. The number of benzene rings is 1. The molecule has 1 saturated heterocycles. The van der Waals surface area contributed by atoms with Crippen molar-refractivity contribution in [3.05, 3.63) is 17.7 Å². The quantitative estimate of drug-likeness (QED) is 0.516. The number of methoxy groups -OCH3 is 3. The summed E-state index contributed by atoms with van der Waals surface area (Å²) in [6.45, 7) is 3.99. The second kappa shape index (κ2) is 10.6. The summed E-state index contributed by atoms with van der Waals surface area (Å²) in [5, 5.41) is 14.6. The van der Waals surface area contributed by atoms with Gasteiger partial charge in [0, 0.05) is 24.4 Å². The molecule has 1 aliphatic heterocycles. The van der Waals surface area contributed by atoms with Gasteiger partial charge in [0.2, 0.25) is 5.75 Å². The fraction of sp³-hybridized carbons (Fsp3) is 0.708. The molecule has 1 amide bonds. The molecule has 31 heavy (non-hydrogen) atoms. The molecule has 3 N–H and O–H groups in total. The fourth-order valence-corrected chi connectivity index (χ4v) is 5.47. The Morgan fingerprint density at radius 3 is 2.48 bits per heavy atom. The molecule has 1 heterocycles. The van der Waals surface area contributed by atoms with Gasteiger partial charge in [0.1, 0.15) is 6.04 Å². The predicted molar refractivity (Wildman–Crippen MR) is 119 cm³/mol. The Hall–Kier alpha value is -1.99. The van der Waals surface area contributed by atoms with Gasteiger partial charge in [0.05, 0.1) is 33.5 Å². The van der Waals surface area contributed by atoms with Crippen molar-refractivity contribution in [1.29, 1.82) is 0 Å². The summed E-state index contributed by atoms with van der Waals surface area (Å²) in [6, 6.07) is 3.97. The van der Waals surface area contributed by atoms with E-state index in [4.69, 9.17) is 14.2 Å². The number of aliphatic hydroxyl groups is 1. The molecule has 1 aliphatic carbocycles. The van der Waals surface area contributed by atoms with Gasteiger partial charge in [-0.2, -0.15) is 0 Å². The summed E-state index contributed by atoms with van der Waals surface area (Å²) in [5.74, 6) is 1.93. The minimum atomic E-state index is -0.675. The number of hydrogen-bond acceptors (Lipinski definition) is 5. The number of fused-ring (bicyclic) bond motifs is 1. The lowest BCUT2D eigenvalue weighted by atomic mass is 9.66. The topological polar surface area (TPSA) is 81.5 Å². The molecule has 3 rings (SSSR count). The standard InChI is InChI=1S/C24H38N2O5/c1-5-6-12-25-21(27)16-26-13-11-24(28)10-8-7-9-18(24)22(26)17-14-19(29-2)23(31-4)20(15-17)30-3/h14-15,18,22,28H,5-13,16H2,1-4H3,(H,25,27)/p+1/t18-,22-,24-/m0/s1. The molecule has 1 unspecified atom stereocenters. The molecule has 2 fully saturated rings. The van der Waals surface area contributed by atoms with Crippen LogP contribution < -0.4 is 24.4 Å². The summed E-state index contributed by atoms with van der Waals surface area (Å²) in [5.41, 5.74) is 0.349. The number of nitrogens with one attached hydrogen (secondary N) is 2. The number of piperidine rings is 1. The SMILES string of the molecule is CCCCNC(=O)C[NH+]1CC[C@@]2(O)CCCC[C@H]2[C@@H]1c1cc(OC)c(OC)c(OC)c1. The first kappa shape index (κ1) is 23.7. The molecular weight excluding hydrogens is 396 g/mol. The van der Waals surface area contributed by atoms with Crippen LogP contribution in [-0.4, -0.2) is 57.6 Å². The van der Waals surface area contributed by atoms with E-state index >= 15 is 0 Å². The Bertz CT molecular complexity index is 730. The average Bonchev–Trinajstić information content (AvgIpc) is 2.78. The molecule has 0 aromatic heterocycles. The molecule has 174 valence electrons. The number of hydrogen-bond donors (Lipinski definition) is 3. The van der Waals surface area contributed by atoms with Crippen molar-refractivity contribution in [2.24, 2.45) is 5.92 Å². The summed E-state index contributed by atoms with van der Waals surface area (Å²) >= 11 is 0. The molecule has 7 nitrogen and oxygen atoms in total. The van der Waals surface area contributed by atoms with Crippen LogP contribution >= 0.6 is 0 Å². The number of amides is 1. The Balaban J connectivity index is 1.96. The molecule has 4 atom stereocenters. The van der Waals surface area contributed by atoms with Crippen LogP contribution in [0.2, 0.25) is 0 Å². The lowest BCUT2D eigenvalue weighted by Crippen LogP contribution is -3.16. The van der Waals surface area contributed by atoms with Crippen molar-refractivity contribution in [2.45, 2.75) is 63.5 Å². The van der Waals surface area contributed by atoms with Gasteiger partial charge in [-0.05, 0) is 31.4 Å². The zero-order valence-corrected chi connectivity index (χ0v) is 19.5. The maximum atomic E-state index is 12.7. The Labute approximate surface area is 186 Å². The second-order valence-electron chi connectivity index (χ2n) is 8.93. The van der Waals surface area contributed by atoms with Gasteiger partial charge in [0.15, 0.2) is 18.0 Å². The molecule has 1 aromatic rings. The molecule has 2 aliphatic rings. The van der Waals surface area contributed by atoms with Crippen LogP contribution in [0, 0.1) is 5.92 Å². The Morgan fingerprint density at radius 2 is 1.87 bits per heavy atom. The van der Waals surface area contributed by atoms with Crippen molar-refractivity contribution in [3.8, 4) is 17.2 Å². The van der Waals surface area contributed by atoms with Crippen LogP contribution in [0.15, 0.2) is 12.1 Å². The Morgan fingerprint density at radius 1 is 1.16 bits per heavy atom. The second-order valence-corrected chi connectivity index (χ2v) is 8.93. The number of ether oxygens (including phenoxy) is 3. The minimum absolute atomic E-state index is 0.00955. The minimum Gasteiger partial charge on any atom is -0.493 e. The summed E-state index contributed by atoms with van der Waals surface area (Å²) in [6.07, 6.45) is 6.72. The van der Waals surface area contributed by atoms with Gasteiger partial charge in [0.25, 0.3) is 5.91 Å². The molecule has 1 saturated carbocycles. The lowest BCUT2D eigenvalue weighted by Gasteiger charge is -2.50. The highest BCUT2D eigenvalue weighted by Crippen LogP contribution is 2.47. The van der Waals surface area contributed by atoms with E-state index in [1.54, 1.807) is 21.3 Å². The average molecular weight is 436 g/mol. The highest BCUT2D eigenvalue weighted by Gasteiger charge is 2.52. The monoisotopic (exact) mass is 435 g/mol. The van der Waals surface area contributed by atoms with Crippen LogP contribution in [0.1, 0.15) is 63.5 Å². The van der Waals surface area contributed by atoms with E-state index in [1.807, 2.05) is 12.1 Å². The third-order valence-electron chi connectivity index (χ3n) is 7.07. The molecule has 7 heteroatoms. The molecular formula is C24H39N2O5+. The summed E-state index contributed by atoms with van der Waals surface area (Å²) in [4.78, 5) is 13.9. The normalized spacial score (nSPS) is 27.8. The van der Waals surface area contributed by atoms with Gasteiger partial charge in [-0.1, -0.05) is 26.2 Å². The number of quaternary nitrogens is 1. The maximum Gasteiger partial charge on any atom is 0.275 e. The van der Waals surface area contributed by atoms with E-state index in [0.717, 1.165) is 57.1 Å². The molecule has 0 radical (unpaired) electrons. The van der Waals surface area contributed by atoms with Gasteiger partial charge in [-0.3, -0.25) is 4.79 Å². The van der Waals surface area contributed by atoms with E-state index < -0.39 is 5.60 Å². The van der Waals surface area contributed by atoms with Crippen LogP contribution in [0.3, 0.4) is 0 Å². The van der Waals surface area contributed by atoms with Gasteiger partial charge in [-0.15, -0.1) is 0 Å². The van der Waals surface area contributed by atoms with Crippen molar-refractivity contribution < 1.29 is 29.0 Å². The van der Waals surface area contributed by atoms with Crippen molar-refractivity contribution >= 4 is 5.91 Å². The highest BCUT2D eigenvalue weighted by atomic mass is 16.5. The van der Waals surface area contributed by atoms with Crippen LogP contribution in [0.5, 0.6) is 17.2 Å². The molecule has 0 spiro atoms.